The van der Waals surface area contributed by atoms with Crippen LogP contribution in [0.4, 0.5) is 11.4 Å². The first-order valence-corrected chi connectivity index (χ1v) is 7.35. The van der Waals surface area contributed by atoms with Crippen molar-refractivity contribution in [3.63, 3.8) is 0 Å². The van der Waals surface area contributed by atoms with Crippen molar-refractivity contribution in [1.82, 2.24) is 5.32 Å². The molecule has 1 N–H and O–H groups in total. The molecule has 4 heteroatoms. The average Bonchev–Trinajstić information content (AvgIpc) is 2.69. The number of benzene rings is 2. The molecule has 20 heavy (non-hydrogen) atoms. The zero-order chi connectivity index (χ0) is 13.9. The molecule has 0 saturated carbocycles. The summed E-state index contributed by atoms with van der Waals surface area (Å²) in [5.74, 6) is 0. The molecular weight excluding hydrogens is 314 g/mol. The topological polar surface area (TPSA) is 39.1 Å². The Morgan fingerprint density at radius 1 is 1.15 bits per heavy atom. The number of para-hydroxylation sites is 1. The molecule has 0 atom stereocenters. The summed E-state index contributed by atoms with van der Waals surface area (Å²) >= 11 is 3.59. The van der Waals surface area contributed by atoms with Gasteiger partial charge in [0.05, 0.1) is 17.3 Å². The van der Waals surface area contributed by atoms with Gasteiger partial charge in [-0.2, -0.15) is 5.26 Å². The van der Waals surface area contributed by atoms with Crippen LogP contribution in [0.15, 0.2) is 46.9 Å². The zero-order valence-electron chi connectivity index (χ0n) is 10.9. The van der Waals surface area contributed by atoms with Crippen LogP contribution in [0.5, 0.6) is 0 Å². The van der Waals surface area contributed by atoms with Crippen LogP contribution in [0, 0.1) is 11.3 Å². The molecule has 0 unspecified atom stereocenters. The molecule has 0 bridgehead atoms. The molecule has 3 nitrogen and oxygen atoms in total. The van der Waals surface area contributed by atoms with Gasteiger partial charge in [-0.05, 0) is 45.8 Å². The quantitative estimate of drug-likeness (QED) is 0.870. The van der Waals surface area contributed by atoms with Gasteiger partial charge >= 0.3 is 0 Å². The van der Waals surface area contributed by atoms with E-state index in [1.54, 1.807) is 0 Å². The summed E-state index contributed by atoms with van der Waals surface area (Å²) in [4.78, 5) is 2.29. The smallest absolute Gasteiger partial charge is 0.0992 e. The molecule has 2 aromatic rings. The first-order valence-electron chi connectivity index (χ1n) is 6.55. The number of hydrogen-bond acceptors (Lipinski definition) is 3. The lowest BCUT2D eigenvalue weighted by Gasteiger charge is -2.26. The van der Waals surface area contributed by atoms with Gasteiger partial charge in [0, 0.05) is 29.8 Å². The van der Waals surface area contributed by atoms with Crippen LogP contribution in [-0.4, -0.2) is 13.1 Å². The highest BCUT2D eigenvalue weighted by Crippen LogP contribution is 2.35. The molecule has 0 saturated heterocycles. The van der Waals surface area contributed by atoms with Crippen LogP contribution in [-0.2, 0) is 6.54 Å². The average molecular weight is 328 g/mol. The normalized spacial score (nSPS) is 14.3. The highest BCUT2D eigenvalue weighted by atomic mass is 79.9. The third-order valence-corrected chi connectivity index (χ3v) is 4.11. The number of nitrogens with zero attached hydrogens (tertiary/aromatic N) is 2. The van der Waals surface area contributed by atoms with E-state index in [-0.39, 0.29) is 0 Å². The lowest BCUT2D eigenvalue weighted by Crippen LogP contribution is -2.24. The Bertz CT molecular complexity index is 676. The molecule has 1 heterocycles. The molecular formula is C16H14BrN3. The van der Waals surface area contributed by atoms with Gasteiger partial charge in [0.15, 0.2) is 0 Å². The maximum absolute atomic E-state index is 8.97. The Kier molecular flexibility index (Phi) is 3.72. The molecule has 2 aromatic carbocycles. The van der Waals surface area contributed by atoms with Crippen LogP contribution in [0.1, 0.15) is 11.1 Å². The summed E-state index contributed by atoms with van der Waals surface area (Å²) in [6, 6.07) is 16.3. The number of nitrogens with one attached hydrogen (secondary N) is 1. The molecule has 0 radical (unpaired) electrons. The first-order chi connectivity index (χ1) is 9.79. The standard InChI is InChI=1S/C16H14BrN3/c17-14-9-12(10-18)5-6-16(14)20-8-7-19-11-13-3-1-2-4-15(13)20/h1-6,9,19H,7-8,11H2. The van der Waals surface area contributed by atoms with E-state index in [4.69, 9.17) is 5.26 Å². The van der Waals surface area contributed by atoms with E-state index in [9.17, 15) is 0 Å². The largest absolute Gasteiger partial charge is 0.339 e. The lowest BCUT2D eigenvalue weighted by molar-refractivity contribution is 0.712. The maximum atomic E-state index is 8.97. The van der Waals surface area contributed by atoms with E-state index in [1.807, 2.05) is 18.2 Å². The molecule has 0 fully saturated rings. The fourth-order valence-electron chi connectivity index (χ4n) is 2.50. The number of halogens is 1. The minimum Gasteiger partial charge on any atom is -0.339 e. The van der Waals surface area contributed by atoms with Crippen molar-refractivity contribution in [2.45, 2.75) is 6.54 Å². The summed E-state index contributed by atoms with van der Waals surface area (Å²) in [5.41, 5.74) is 4.28. The van der Waals surface area contributed by atoms with Gasteiger partial charge in [-0.25, -0.2) is 0 Å². The number of anilines is 2. The SMILES string of the molecule is N#Cc1ccc(N2CCNCc3ccccc32)c(Br)c1. The van der Waals surface area contributed by atoms with Gasteiger partial charge in [0.1, 0.15) is 0 Å². The Morgan fingerprint density at radius 3 is 2.80 bits per heavy atom. The van der Waals surface area contributed by atoms with Gasteiger partial charge in [-0.15, -0.1) is 0 Å². The third kappa shape index (κ3) is 2.43. The molecule has 0 spiro atoms. The molecule has 100 valence electrons. The molecule has 1 aliphatic rings. The molecule has 0 aliphatic carbocycles. The van der Waals surface area contributed by atoms with Crippen molar-refractivity contribution in [3.05, 3.63) is 58.1 Å². The Morgan fingerprint density at radius 2 is 2.00 bits per heavy atom. The molecule has 1 aliphatic heterocycles. The monoisotopic (exact) mass is 327 g/mol. The highest BCUT2D eigenvalue weighted by Gasteiger charge is 2.18. The number of fused-ring (bicyclic) bond motifs is 1. The summed E-state index contributed by atoms with van der Waals surface area (Å²) < 4.78 is 0.952. The summed E-state index contributed by atoms with van der Waals surface area (Å²) in [6.07, 6.45) is 0. The minimum atomic E-state index is 0.668. The van der Waals surface area contributed by atoms with Crippen LogP contribution < -0.4 is 10.2 Å². The highest BCUT2D eigenvalue weighted by molar-refractivity contribution is 9.10. The van der Waals surface area contributed by atoms with Crippen molar-refractivity contribution >= 4 is 27.3 Å². The molecule has 3 rings (SSSR count). The number of nitriles is 1. The van der Waals surface area contributed by atoms with E-state index in [0.29, 0.717) is 5.56 Å². The summed E-state index contributed by atoms with van der Waals surface area (Å²) in [7, 11) is 0. The maximum Gasteiger partial charge on any atom is 0.0992 e. The summed E-state index contributed by atoms with van der Waals surface area (Å²) in [5, 5.41) is 12.4. The van der Waals surface area contributed by atoms with Crippen molar-refractivity contribution < 1.29 is 0 Å². The Balaban J connectivity index is 2.08. The van der Waals surface area contributed by atoms with E-state index < -0.39 is 0 Å². The third-order valence-electron chi connectivity index (χ3n) is 3.48. The van der Waals surface area contributed by atoms with Crippen LogP contribution in [0.2, 0.25) is 0 Å². The van der Waals surface area contributed by atoms with Crippen molar-refractivity contribution in [2.75, 3.05) is 18.0 Å². The molecule has 0 aromatic heterocycles. The number of hydrogen-bond donors (Lipinski definition) is 1. The Hall–Kier alpha value is -1.83. The molecule has 0 amide bonds. The van der Waals surface area contributed by atoms with E-state index in [1.165, 1.54) is 11.3 Å². The second kappa shape index (κ2) is 5.66. The fraction of sp³-hybridized carbons (Fsp3) is 0.188. The van der Waals surface area contributed by atoms with Crippen molar-refractivity contribution in [2.24, 2.45) is 0 Å². The Labute approximate surface area is 127 Å². The second-order valence-corrected chi connectivity index (χ2v) is 5.59. The fourth-order valence-corrected chi connectivity index (χ4v) is 3.10. The lowest BCUT2D eigenvalue weighted by atomic mass is 10.1. The van der Waals surface area contributed by atoms with Gasteiger partial charge in [-0.1, -0.05) is 18.2 Å². The van der Waals surface area contributed by atoms with Crippen LogP contribution in [0.25, 0.3) is 0 Å². The summed E-state index contributed by atoms with van der Waals surface area (Å²) in [6.45, 7) is 2.73. The van der Waals surface area contributed by atoms with Gasteiger partial charge < -0.3 is 10.2 Å². The van der Waals surface area contributed by atoms with E-state index in [2.05, 4.69) is 56.5 Å². The van der Waals surface area contributed by atoms with Crippen LogP contribution >= 0.6 is 15.9 Å². The van der Waals surface area contributed by atoms with Gasteiger partial charge in [0.25, 0.3) is 0 Å². The van der Waals surface area contributed by atoms with E-state index >= 15 is 0 Å². The number of rotatable bonds is 1. The predicted molar refractivity (Wildman–Crippen MR) is 84.0 cm³/mol. The predicted octanol–water partition coefficient (Wildman–Crippen LogP) is 3.56. The zero-order valence-corrected chi connectivity index (χ0v) is 12.5. The minimum absolute atomic E-state index is 0.668. The van der Waals surface area contributed by atoms with Crippen molar-refractivity contribution in [3.8, 4) is 6.07 Å². The van der Waals surface area contributed by atoms with Gasteiger partial charge in [0.2, 0.25) is 0 Å². The van der Waals surface area contributed by atoms with Gasteiger partial charge in [-0.3, -0.25) is 0 Å². The second-order valence-electron chi connectivity index (χ2n) is 4.74. The first kappa shape index (κ1) is 13.2. The van der Waals surface area contributed by atoms with Crippen LogP contribution in [0.3, 0.4) is 0 Å². The van der Waals surface area contributed by atoms with E-state index in [0.717, 1.165) is 29.8 Å². The van der Waals surface area contributed by atoms with Crippen molar-refractivity contribution in [1.29, 1.82) is 5.26 Å².